The average Bonchev–Trinajstić information content (AvgIpc) is 2.48. The lowest BCUT2D eigenvalue weighted by atomic mass is 10.1. The van der Waals surface area contributed by atoms with Crippen LogP contribution in [0.15, 0.2) is 42.5 Å². The number of hydrogen-bond donors (Lipinski definition) is 0. The molecular formula is C16H15FO3. The van der Waals surface area contributed by atoms with E-state index in [1.54, 1.807) is 44.4 Å². The molecule has 0 radical (unpaired) electrons. The predicted octanol–water partition coefficient (Wildman–Crippen LogP) is 3.40. The molecular weight excluding hydrogens is 259 g/mol. The van der Waals surface area contributed by atoms with Crippen molar-refractivity contribution in [2.75, 3.05) is 13.7 Å². The van der Waals surface area contributed by atoms with E-state index in [-0.39, 0.29) is 18.2 Å². The molecule has 0 fully saturated rings. The zero-order valence-corrected chi connectivity index (χ0v) is 11.4. The number of carbonyl (C=O) groups excluding carboxylic acids is 1. The normalized spacial score (nSPS) is 10.2. The van der Waals surface area contributed by atoms with E-state index < -0.39 is 0 Å². The lowest BCUT2D eigenvalue weighted by Crippen LogP contribution is -2.11. The quantitative estimate of drug-likeness (QED) is 0.784. The molecule has 0 aromatic heterocycles. The predicted molar refractivity (Wildman–Crippen MR) is 74.0 cm³/mol. The van der Waals surface area contributed by atoms with Crippen molar-refractivity contribution in [2.45, 2.75) is 6.92 Å². The summed E-state index contributed by atoms with van der Waals surface area (Å²) >= 11 is 0. The smallest absolute Gasteiger partial charge is 0.200 e. The van der Waals surface area contributed by atoms with Gasteiger partial charge in [-0.25, -0.2) is 4.39 Å². The van der Waals surface area contributed by atoms with E-state index in [1.165, 1.54) is 12.1 Å². The van der Waals surface area contributed by atoms with Crippen LogP contribution < -0.4 is 9.47 Å². The van der Waals surface area contributed by atoms with E-state index in [2.05, 4.69) is 0 Å². The number of halogens is 1. The lowest BCUT2D eigenvalue weighted by molar-refractivity contribution is 0.0921. The van der Waals surface area contributed by atoms with Gasteiger partial charge in [-0.05, 0) is 42.8 Å². The first-order valence-corrected chi connectivity index (χ1v) is 6.16. The molecule has 0 saturated heterocycles. The van der Waals surface area contributed by atoms with Gasteiger partial charge in [-0.15, -0.1) is 0 Å². The topological polar surface area (TPSA) is 35.5 Å². The number of ether oxygens (including phenoxy) is 2. The van der Waals surface area contributed by atoms with Gasteiger partial charge in [0.05, 0.1) is 7.11 Å². The maximum Gasteiger partial charge on any atom is 0.200 e. The van der Waals surface area contributed by atoms with Gasteiger partial charge in [0.2, 0.25) is 0 Å². The number of methoxy groups -OCH3 is 1. The van der Waals surface area contributed by atoms with E-state index in [0.29, 0.717) is 22.6 Å². The second-order valence-electron chi connectivity index (χ2n) is 4.35. The van der Waals surface area contributed by atoms with E-state index >= 15 is 0 Å². The van der Waals surface area contributed by atoms with Crippen molar-refractivity contribution in [3.05, 3.63) is 59.4 Å². The molecule has 104 valence electrons. The van der Waals surface area contributed by atoms with Crippen molar-refractivity contribution >= 4 is 5.78 Å². The Morgan fingerprint density at radius 2 is 1.95 bits per heavy atom. The summed E-state index contributed by atoms with van der Waals surface area (Å²) in [6.45, 7) is 1.55. The third-order valence-corrected chi connectivity index (χ3v) is 2.89. The third kappa shape index (κ3) is 3.35. The van der Waals surface area contributed by atoms with Crippen molar-refractivity contribution in [2.24, 2.45) is 0 Å². The fourth-order valence-corrected chi connectivity index (χ4v) is 1.74. The van der Waals surface area contributed by atoms with Crippen molar-refractivity contribution in [1.29, 1.82) is 0 Å². The summed E-state index contributed by atoms with van der Waals surface area (Å²) in [7, 11) is 1.54. The zero-order valence-electron chi connectivity index (χ0n) is 11.4. The van der Waals surface area contributed by atoms with Gasteiger partial charge in [0.25, 0.3) is 0 Å². The Morgan fingerprint density at radius 1 is 1.15 bits per heavy atom. The molecule has 0 aliphatic rings. The van der Waals surface area contributed by atoms with Crippen LogP contribution in [0.1, 0.15) is 15.9 Å². The number of ketones is 1. The Morgan fingerprint density at radius 3 is 2.65 bits per heavy atom. The number of benzene rings is 2. The molecule has 20 heavy (non-hydrogen) atoms. The van der Waals surface area contributed by atoms with Gasteiger partial charge in [-0.3, -0.25) is 4.79 Å². The summed E-state index contributed by atoms with van der Waals surface area (Å²) in [6, 6.07) is 11.2. The van der Waals surface area contributed by atoms with Crippen molar-refractivity contribution in [3.8, 4) is 11.5 Å². The molecule has 2 rings (SSSR count). The maximum absolute atomic E-state index is 13.1. The molecule has 0 amide bonds. The highest BCUT2D eigenvalue weighted by Crippen LogP contribution is 2.17. The Balaban J connectivity index is 2.02. The van der Waals surface area contributed by atoms with Gasteiger partial charge in [0.1, 0.15) is 17.3 Å². The molecule has 2 aromatic rings. The second-order valence-corrected chi connectivity index (χ2v) is 4.35. The van der Waals surface area contributed by atoms with E-state index in [1.807, 2.05) is 0 Å². The Labute approximate surface area is 117 Å². The summed E-state index contributed by atoms with van der Waals surface area (Å²) in [5.74, 6) is 0.635. The van der Waals surface area contributed by atoms with Crippen LogP contribution in [-0.2, 0) is 0 Å². The number of rotatable bonds is 5. The fourth-order valence-electron chi connectivity index (χ4n) is 1.74. The number of carbonyl (C=O) groups is 1. The zero-order chi connectivity index (χ0) is 14.5. The molecule has 0 bridgehead atoms. The van der Waals surface area contributed by atoms with Crippen LogP contribution in [0.4, 0.5) is 4.39 Å². The molecule has 0 heterocycles. The summed E-state index contributed by atoms with van der Waals surface area (Å²) < 4.78 is 23.5. The molecule has 4 heteroatoms. The van der Waals surface area contributed by atoms with Gasteiger partial charge < -0.3 is 9.47 Å². The minimum Gasteiger partial charge on any atom is -0.497 e. The summed E-state index contributed by atoms with van der Waals surface area (Å²) in [6.07, 6.45) is 0. The van der Waals surface area contributed by atoms with E-state index in [9.17, 15) is 9.18 Å². The SMILES string of the molecule is COc1cccc(C(=O)COc2ccc(F)c(C)c2)c1. The maximum atomic E-state index is 13.1. The van der Waals surface area contributed by atoms with E-state index in [4.69, 9.17) is 9.47 Å². The molecule has 3 nitrogen and oxygen atoms in total. The van der Waals surface area contributed by atoms with E-state index in [0.717, 1.165) is 0 Å². The molecule has 0 N–H and O–H groups in total. The van der Waals surface area contributed by atoms with Crippen LogP contribution in [0.2, 0.25) is 0 Å². The largest absolute Gasteiger partial charge is 0.497 e. The monoisotopic (exact) mass is 274 g/mol. The molecule has 0 aliphatic carbocycles. The summed E-state index contributed by atoms with van der Waals surface area (Å²) in [4.78, 5) is 12.0. The highest BCUT2D eigenvalue weighted by molar-refractivity contribution is 5.97. The van der Waals surface area contributed by atoms with Crippen LogP contribution in [0.25, 0.3) is 0 Å². The number of hydrogen-bond acceptors (Lipinski definition) is 3. The van der Waals surface area contributed by atoms with Gasteiger partial charge in [-0.2, -0.15) is 0 Å². The van der Waals surface area contributed by atoms with Crippen LogP contribution in [0, 0.1) is 12.7 Å². The minimum absolute atomic E-state index is 0.0990. The van der Waals surface area contributed by atoms with Gasteiger partial charge in [0, 0.05) is 5.56 Å². The highest BCUT2D eigenvalue weighted by atomic mass is 19.1. The summed E-state index contributed by atoms with van der Waals surface area (Å²) in [5, 5.41) is 0. The summed E-state index contributed by atoms with van der Waals surface area (Å²) in [5.41, 5.74) is 1.000. The molecule has 0 unspecified atom stereocenters. The first-order chi connectivity index (χ1) is 9.60. The first-order valence-electron chi connectivity index (χ1n) is 6.16. The van der Waals surface area contributed by atoms with Crippen molar-refractivity contribution in [3.63, 3.8) is 0 Å². The molecule has 0 saturated carbocycles. The Kier molecular flexibility index (Phi) is 4.35. The molecule has 0 atom stereocenters. The van der Waals surface area contributed by atoms with Crippen LogP contribution in [0.5, 0.6) is 11.5 Å². The van der Waals surface area contributed by atoms with Gasteiger partial charge in [0.15, 0.2) is 12.4 Å². The van der Waals surface area contributed by atoms with Crippen molar-refractivity contribution < 1.29 is 18.7 Å². The number of Topliss-reactive ketones (excluding diaryl/α,β-unsaturated/α-hetero) is 1. The standard InChI is InChI=1S/C16H15FO3/c1-11-8-14(6-7-15(11)17)20-10-16(18)12-4-3-5-13(9-12)19-2/h3-9H,10H2,1-2H3. The van der Waals surface area contributed by atoms with Crippen LogP contribution >= 0.6 is 0 Å². The Hall–Kier alpha value is -2.36. The Bertz CT molecular complexity index is 623. The van der Waals surface area contributed by atoms with Crippen molar-refractivity contribution in [1.82, 2.24) is 0 Å². The van der Waals surface area contributed by atoms with Gasteiger partial charge >= 0.3 is 0 Å². The third-order valence-electron chi connectivity index (χ3n) is 2.89. The lowest BCUT2D eigenvalue weighted by Gasteiger charge is -2.07. The van der Waals surface area contributed by atoms with Crippen LogP contribution in [-0.4, -0.2) is 19.5 Å². The molecule has 2 aromatic carbocycles. The average molecular weight is 274 g/mol. The second kappa shape index (κ2) is 6.19. The first kappa shape index (κ1) is 14.1. The number of aryl methyl sites for hydroxylation is 1. The molecule has 0 aliphatic heterocycles. The minimum atomic E-state index is -0.295. The molecule has 0 spiro atoms. The fraction of sp³-hybridized carbons (Fsp3) is 0.188. The van der Waals surface area contributed by atoms with Crippen LogP contribution in [0.3, 0.4) is 0 Å². The highest BCUT2D eigenvalue weighted by Gasteiger charge is 2.08. The van der Waals surface area contributed by atoms with Gasteiger partial charge in [-0.1, -0.05) is 12.1 Å².